The number of nitrogens with one attached hydrogen (secondary N) is 1. The van der Waals surface area contributed by atoms with Gasteiger partial charge in [0.1, 0.15) is 0 Å². The standard InChI is InChI=1S/C15H23N3O/c1-15(16,12-7-8-12)14(19)17-13-6-4-5-11(9-13)10-18(2)3/h4-6,9,12H,7-8,10,16H2,1-3H3,(H,17,19). The molecule has 1 aromatic carbocycles. The normalized spacial score (nSPS) is 18.2. The van der Waals surface area contributed by atoms with Crippen LogP contribution in [0.3, 0.4) is 0 Å². The van der Waals surface area contributed by atoms with Crippen molar-refractivity contribution in [2.45, 2.75) is 31.8 Å². The molecular weight excluding hydrogens is 238 g/mol. The van der Waals surface area contributed by atoms with Gasteiger partial charge in [0.05, 0.1) is 5.54 Å². The van der Waals surface area contributed by atoms with Crippen molar-refractivity contribution < 1.29 is 4.79 Å². The lowest BCUT2D eigenvalue weighted by Crippen LogP contribution is -2.50. The summed E-state index contributed by atoms with van der Waals surface area (Å²) in [6.07, 6.45) is 2.11. The molecule has 1 saturated carbocycles. The van der Waals surface area contributed by atoms with Crippen LogP contribution in [-0.4, -0.2) is 30.4 Å². The fraction of sp³-hybridized carbons (Fsp3) is 0.533. The van der Waals surface area contributed by atoms with Crippen LogP contribution in [0.1, 0.15) is 25.3 Å². The van der Waals surface area contributed by atoms with Crippen molar-refractivity contribution in [3.63, 3.8) is 0 Å². The molecular formula is C15H23N3O. The molecule has 1 fully saturated rings. The molecule has 1 atom stereocenters. The zero-order chi connectivity index (χ0) is 14.0. The highest BCUT2D eigenvalue weighted by atomic mass is 16.2. The third-order valence-electron chi connectivity index (χ3n) is 3.60. The molecule has 0 saturated heterocycles. The van der Waals surface area contributed by atoms with Gasteiger partial charge in [-0.1, -0.05) is 12.1 Å². The molecule has 4 nitrogen and oxygen atoms in total. The minimum absolute atomic E-state index is 0.0861. The average Bonchev–Trinajstić information content (AvgIpc) is 3.12. The lowest BCUT2D eigenvalue weighted by Gasteiger charge is -2.23. The number of anilines is 1. The van der Waals surface area contributed by atoms with Crippen LogP contribution in [-0.2, 0) is 11.3 Å². The van der Waals surface area contributed by atoms with Crippen LogP contribution in [0.2, 0.25) is 0 Å². The van der Waals surface area contributed by atoms with Gasteiger partial charge in [-0.25, -0.2) is 0 Å². The van der Waals surface area contributed by atoms with Gasteiger partial charge in [-0.2, -0.15) is 0 Å². The Morgan fingerprint density at radius 2 is 2.16 bits per heavy atom. The number of amides is 1. The Morgan fingerprint density at radius 3 is 2.74 bits per heavy atom. The Morgan fingerprint density at radius 1 is 1.47 bits per heavy atom. The molecule has 104 valence electrons. The fourth-order valence-corrected chi connectivity index (χ4v) is 2.25. The van der Waals surface area contributed by atoms with Crippen LogP contribution in [0.15, 0.2) is 24.3 Å². The number of carbonyl (C=O) groups is 1. The Bertz CT molecular complexity index is 464. The van der Waals surface area contributed by atoms with E-state index in [1.54, 1.807) is 0 Å². The highest BCUT2D eigenvalue weighted by Crippen LogP contribution is 2.38. The second kappa shape index (κ2) is 5.31. The van der Waals surface area contributed by atoms with Gasteiger partial charge in [0.25, 0.3) is 0 Å². The van der Waals surface area contributed by atoms with E-state index in [1.807, 2.05) is 39.2 Å². The number of carbonyl (C=O) groups excluding carboxylic acids is 1. The van der Waals surface area contributed by atoms with Gasteiger partial charge in [-0.3, -0.25) is 4.79 Å². The third-order valence-corrected chi connectivity index (χ3v) is 3.60. The summed E-state index contributed by atoms with van der Waals surface area (Å²) in [6, 6.07) is 7.92. The lowest BCUT2D eigenvalue weighted by atomic mass is 9.96. The second-order valence-corrected chi connectivity index (χ2v) is 5.95. The first kappa shape index (κ1) is 14.0. The van der Waals surface area contributed by atoms with Crippen LogP contribution in [0.4, 0.5) is 5.69 Å². The van der Waals surface area contributed by atoms with Crippen molar-refractivity contribution in [3.05, 3.63) is 29.8 Å². The fourth-order valence-electron chi connectivity index (χ4n) is 2.25. The lowest BCUT2D eigenvalue weighted by molar-refractivity contribution is -0.121. The molecule has 0 heterocycles. The van der Waals surface area contributed by atoms with Crippen molar-refractivity contribution in [2.24, 2.45) is 11.7 Å². The van der Waals surface area contributed by atoms with E-state index in [2.05, 4.69) is 16.3 Å². The maximum Gasteiger partial charge on any atom is 0.244 e. The maximum atomic E-state index is 12.2. The molecule has 0 spiro atoms. The number of hydrogen-bond acceptors (Lipinski definition) is 3. The molecule has 1 aliphatic rings. The van der Waals surface area contributed by atoms with Crippen LogP contribution in [0, 0.1) is 5.92 Å². The van der Waals surface area contributed by atoms with Gasteiger partial charge in [0.2, 0.25) is 5.91 Å². The van der Waals surface area contributed by atoms with Crippen LogP contribution in [0.25, 0.3) is 0 Å². The molecule has 1 amide bonds. The number of nitrogens with two attached hydrogens (primary N) is 1. The summed E-state index contributed by atoms with van der Waals surface area (Å²) >= 11 is 0. The summed E-state index contributed by atoms with van der Waals surface area (Å²) in [5, 5.41) is 2.93. The number of rotatable bonds is 5. The zero-order valence-electron chi connectivity index (χ0n) is 11.9. The first-order valence-corrected chi connectivity index (χ1v) is 6.73. The number of nitrogens with zero attached hydrogens (tertiary/aromatic N) is 1. The van der Waals surface area contributed by atoms with Crippen molar-refractivity contribution >= 4 is 11.6 Å². The Hall–Kier alpha value is -1.39. The van der Waals surface area contributed by atoms with Crippen LogP contribution < -0.4 is 11.1 Å². The first-order chi connectivity index (χ1) is 8.89. The molecule has 19 heavy (non-hydrogen) atoms. The molecule has 4 heteroatoms. The van der Waals surface area contributed by atoms with Crippen molar-refractivity contribution in [1.29, 1.82) is 0 Å². The monoisotopic (exact) mass is 261 g/mol. The molecule has 1 aromatic rings. The van der Waals surface area contributed by atoms with Gasteiger partial charge >= 0.3 is 0 Å². The van der Waals surface area contributed by atoms with Crippen LogP contribution in [0.5, 0.6) is 0 Å². The van der Waals surface area contributed by atoms with E-state index in [9.17, 15) is 4.79 Å². The summed E-state index contributed by atoms with van der Waals surface area (Å²) in [6.45, 7) is 2.68. The molecule has 1 aliphatic carbocycles. The zero-order valence-corrected chi connectivity index (χ0v) is 11.9. The van der Waals surface area contributed by atoms with Crippen molar-refractivity contribution in [1.82, 2.24) is 4.90 Å². The van der Waals surface area contributed by atoms with E-state index >= 15 is 0 Å². The summed E-state index contributed by atoms with van der Waals surface area (Å²) in [7, 11) is 4.05. The molecule has 0 aromatic heterocycles. The van der Waals surface area contributed by atoms with E-state index in [0.29, 0.717) is 5.92 Å². The second-order valence-electron chi connectivity index (χ2n) is 5.95. The Balaban J connectivity index is 2.04. The summed E-state index contributed by atoms with van der Waals surface area (Å²) in [5.41, 5.74) is 7.35. The Labute approximate surface area is 115 Å². The van der Waals surface area contributed by atoms with Gasteiger partial charge < -0.3 is 16.0 Å². The summed E-state index contributed by atoms with van der Waals surface area (Å²) in [4.78, 5) is 14.3. The average molecular weight is 261 g/mol. The van der Waals surface area contributed by atoms with Gasteiger partial charge in [-0.15, -0.1) is 0 Å². The minimum Gasteiger partial charge on any atom is -0.324 e. The van der Waals surface area contributed by atoms with Crippen LogP contribution >= 0.6 is 0 Å². The van der Waals surface area contributed by atoms with E-state index < -0.39 is 5.54 Å². The predicted octanol–water partition coefficient (Wildman–Crippen LogP) is 1.81. The number of hydrogen-bond donors (Lipinski definition) is 2. The van der Waals surface area contributed by atoms with Gasteiger partial charge in [0.15, 0.2) is 0 Å². The molecule has 3 N–H and O–H groups in total. The minimum atomic E-state index is -0.752. The maximum absolute atomic E-state index is 12.2. The van der Waals surface area contributed by atoms with E-state index in [-0.39, 0.29) is 5.91 Å². The van der Waals surface area contributed by atoms with Gasteiger partial charge in [0, 0.05) is 12.2 Å². The quantitative estimate of drug-likeness (QED) is 0.850. The van der Waals surface area contributed by atoms with Crippen molar-refractivity contribution in [3.8, 4) is 0 Å². The SMILES string of the molecule is CN(C)Cc1cccc(NC(=O)C(C)(N)C2CC2)c1. The first-order valence-electron chi connectivity index (χ1n) is 6.73. The third kappa shape index (κ3) is 3.55. The van der Waals surface area contributed by atoms with Crippen molar-refractivity contribution in [2.75, 3.05) is 19.4 Å². The number of benzene rings is 1. The predicted molar refractivity (Wildman–Crippen MR) is 77.8 cm³/mol. The molecule has 0 bridgehead atoms. The molecule has 0 aliphatic heterocycles. The highest BCUT2D eigenvalue weighted by Gasteiger charge is 2.44. The topological polar surface area (TPSA) is 58.4 Å². The smallest absolute Gasteiger partial charge is 0.244 e. The molecule has 0 radical (unpaired) electrons. The molecule has 2 rings (SSSR count). The van der Waals surface area contributed by atoms with E-state index in [4.69, 9.17) is 5.73 Å². The van der Waals surface area contributed by atoms with Gasteiger partial charge in [-0.05, 0) is 57.5 Å². The summed E-state index contributed by atoms with van der Waals surface area (Å²) < 4.78 is 0. The van der Waals surface area contributed by atoms with E-state index in [0.717, 1.165) is 25.1 Å². The molecule has 1 unspecified atom stereocenters. The summed E-state index contributed by atoms with van der Waals surface area (Å²) in [5.74, 6) is 0.245. The Kier molecular flexibility index (Phi) is 3.92. The van der Waals surface area contributed by atoms with E-state index in [1.165, 1.54) is 5.56 Å². The highest BCUT2D eigenvalue weighted by molar-refractivity contribution is 5.98. The largest absolute Gasteiger partial charge is 0.324 e.